The Labute approximate surface area is 92.0 Å². The van der Waals surface area contributed by atoms with Crippen molar-refractivity contribution in [3.05, 3.63) is 36.9 Å². The Bertz CT molecular complexity index is 303. The number of nitrogens with one attached hydrogen (secondary N) is 1. The van der Waals surface area contributed by atoms with Crippen LogP contribution < -0.4 is 10.1 Å². The predicted octanol–water partition coefficient (Wildman–Crippen LogP) is 3.46. The van der Waals surface area contributed by atoms with Gasteiger partial charge >= 0.3 is 0 Å². The van der Waals surface area contributed by atoms with E-state index in [4.69, 9.17) is 4.74 Å². The summed E-state index contributed by atoms with van der Waals surface area (Å²) in [5.74, 6) is 0.904. The molecular weight excluding hydrogens is 186 g/mol. The third-order valence-corrected chi connectivity index (χ3v) is 1.97. The first-order valence-corrected chi connectivity index (χ1v) is 5.27. The van der Waals surface area contributed by atoms with E-state index in [1.807, 2.05) is 44.2 Å². The first-order valence-electron chi connectivity index (χ1n) is 5.27. The normalized spacial score (nSPS) is 12.3. The van der Waals surface area contributed by atoms with Gasteiger partial charge in [0.2, 0.25) is 0 Å². The molecule has 0 aliphatic heterocycles. The molecule has 1 aromatic rings. The van der Waals surface area contributed by atoms with Crippen molar-refractivity contribution < 1.29 is 4.74 Å². The van der Waals surface area contributed by atoms with Crippen LogP contribution in [0.4, 0.5) is 5.69 Å². The van der Waals surface area contributed by atoms with E-state index < -0.39 is 0 Å². The minimum Gasteiger partial charge on any atom is -0.491 e. The van der Waals surface area contributed by atoms with Gasteiger partial charge in [-0.25, -0.2) is 0 Å². The van der Waals surface area contributed by atoms with Crippen LogP contribution in [0.5, 0.6) is 5.75 Å². The molecule has 82 valence electrons. The van der Waals surface area contributed by atoms with Crippen LogP contribution in [0.2, 0.25) is 0 Å². The van der Waals surface area contributed by atoms with E-state index >= 15 is 0 Å². The van der Waals surface area contributed by atoms with Gasteiger partial charge in [-0.05, 0) is 45.0 Å². The zero-order chi connectivity index (χ0) is 11.3. The van der Waals surface area contributed by atoms with Crippen LogP contribution in [0.1, 0.15) is 20.8 Å². The molecule has 2 heteroatoms. The number of anilines is 1. The van der Waals surface area contributed by atoms with E-state index in [1.165, 1.54) is 0 Å². The van der Waals surface area contributed by atoms with Crippen LogP contribution in [0.25, 0.3) is 0 Å². The van der Waals surface area contributed by atoms with Crippen molar-refractivity contribution in [1.82, 2.24) is 0 Å². The fourth-order valence-corrected chi connectivity index (χ4v) is 1.22. The average molecular weight is 205 g/mol. The minimum atomic E-state index is 0.218. The number of rotatable bonds is 5. The molecule has 0 bridgehead atoms. The van der Waals surface area contributed by atoms with Gasteiger partial charge < -0.3 is 10.1 Å². The lowest BCUT2D eigenvalue weighted by atomic mass is 10.2. The number of benzene rings is 1. The monoisotopic (exact) mass is 205 g/mol. The molecule has 0 aliphatic rings. The second-order valence-corrected chi connectivity index (χ2v) is 3.86. The third kappa shape index (κ3) is 4.07. The molecule has 0 aromatic heterocycles. The molecule has 0 aliphatic carbocycles. The second kappa shape index (κ2) is 5.44. The maximum absolute atomic E-state index is 5.55. The van der Waals surface area contributed by atoms with Gasteiger partial charge in [0.15, 0.2) is 0 Å². The fourth-order valence-electron chi connectivity index (χ4n) is 1.22. The molecular formula is C13H19NO. The zero-order valence-corrected chi connectivity index (χ0v) is 9.66. The Hall–Kier alpha value is -1.44. The molecule has 0 heterocycles. The van der Waals surface area contributed by atoms with E-state index in [0.717, 1.165) is 11.4 Å². The fraction of sp³-hybridized carbons (Fsp3) is 0.385. The summed E-state index contributed by atoms with van der Waals surface area (Å²) in [5.41, 5.74) is 1.08. The van der Waals surface area contributed by atoms with Gasteiger partial charge in [0.05, 0.1) is 6.10 Å². The molecule has 0 saturated heterocycles. The Morgan fingerprint density at radius 3 is 2.27 bits per heavy atom. The van der Waals surface area contributed by atoms with E-state index in [-0.39, 0.29) is 12.1 Å². The molecule has 1 N–H and O–H groups in total. The molecule has 1 unspecified atom stereocenters. The van der Waals surface area contributed by atoms with Crippen LogP contribution in [0, 0.1) is 0 Å². The summed E-state index contributed by atoms with van der Waals surface area (Å²) in [7, 11) is 0. The van der Waals surface area contributed by atoms with Crippen LogP contribution in [-0.4, -0.2) is 12.1 Å². The van der Waals surface area contributed by atoms with Crippen LogP contribution in [0.3, 0.4) is 0 Å². The third-order valence-electron chi connectivity index (χ3n) is 1.97. The highest BCUT2D eigenvalue weighted by molar-refractivity contribution is 5.47. The summed E-state index contributed by atoms with van der Waals surface area (Å²) in [5, 5.41) is 3.30. The lowest BCUT2D eigenvalue weighted by Gasteiger charge is -2.13. The van der Waals surface area contributed by atoms with E-state index in [1.54, 1.807) is 0 Å². The Morgan fingerprint density at radius 1 is 1.20 bits per heavy atom. The van der Waals surface area contributed by atoms with Crippen LogP contribution in [0.15, 0.2) is 36.9 Å². The van der Waals surface area contributed by atoms with Crippen LogP contribution >= 0.6 is 0 Å². The summed E-state index contributed by atoms with van der Waals surface area (Å²) in [6.45, 7) is 9.83. The predicted molar refractivity (Wildman–Crippen MR) is 65.5 cm³/mol. The zero-order valence-electron chi connectivity index (χ0n) is 9.66. The molecule has 0 saturated carbocycles. The van der Waals surface area contributed by atoms with E-state index in [0.29, 0.717) is 0 Å². The van der Waals surface area contributed by atoms with Crippen molar-refractivity contribution >= 4 is 5.69 Å². The molecule has 0 radical (unpaired) electrons. The molecule has 1 aromatic carbocycles. The van der Waals surface area contributed by atoms with Gasteiger partial charge in [-0.1, -0.05) is 6.08 Å². The maximum Gasteiger partial charge on any atom is 0.119 e. The summed E-state index contributed by atoms with van der Waals surface area (Å²) < 4.78 is 5.55. The Balaban J connectivity index is 2.59. The summed E-state index contributed by atoms with van der Waals surface area (Å²) >= 11 is 0. The number of hydrogen-bond donors (Lipinski definition) is 1. The van der Waals surface area contributed by atoms with Crippen molar-refractivity contribution in [2.24, 2.45) is 0 Å². The van der Waals surface area contributed by atoms with Crippen molar-refractivity contribution in [2.45, 2.75) is 32.9 Å². The quantitative estimate of drug-likeness (QED) is 0.743. The minimum absolute atomic E-state index is 0.218. The lowest BCUT2D eigenvalue weighted by Crippen LogP contribution is -2.11. The van der Waals surface area contributed by atoms with E-state index in [2.05, 4.69) is 18.8 Å². The highest BCUT2D eigenvalue weighted by atomic mass is 16.5. The second-order valence-electron chi connectivity index (χ2n) is 3.86. The highest BCUT2D eigenvalue weighted by Crippen LogP contribution is 2.17. The molecule has 1 atom stereocenters. The first-order chi connectivity index (χ1) is 7.11. The molecule has 1 rings (SSSR count). The standard InChI is InChI=1S/C13H19NO/c1-5-11(4)14-12-6-8-13(9-7-12)15-10(2)3/h5-11,14H,1H2,2-4H3. The van der Waals surface area contributed by atoms with Crippen molar-refractivity contribution in [3.63, 3.8) is 0 Å². The van der Waals surface area contributed by atoms with Gasteiger partial charge in [0, 0.05) is 11.7 Å². The molecule has 0 amide bonds. The number of ether oxygens (including phenoxy) is 1. The molecule has 0 spiro atoms. The first kappa shape index (κ1) is 11.6. The van der Waals surface area contributed by atoms with Gasteiger partial charge in [0.25, 0.3) is 0 Å². The summed E-state index contributed by atoms with van der Waals surface area (Å²) in [6.07, 6.45) is 2.09. The molecule has 15 heavy (non-hydrogen) atoms. The van der Waals surface area contributed by atoms with Crippen molar-refractivity contribution in [2.75, 3.05) is 5.32 Å². The Morgan fingerprint density at radius 2 is 1.80 bits per heavy atom. The lowest BCUT2D eigenvalue weighted by molar-refractivity contribution is 0.242. The average Bonchev–Trinajstić information content (AvgIpc) is 2.20. The smallest absolute Gasteiger partial charge is 0.119 e. The summed E-state index contributed by atoms with van der Waals surface area (Å²) in [4.78, 5) is 0. The highest BCUT2D eigenvalue weighted by Gasteiger charge is 1.99. The topological polar surface area (TPSA) is 21.3 Å². The molecule has 0 fully saturated rings. The van der Waals surface area contributed by atoms with Gasteiger partial charge in [-0.2, -0.15) is 0 Å². The van der Waals surface area contributed by atoms with Gasteiger partial charge in [-0.3, -0.25) is 0 Å². The SMILES string of the molecule is C=CC(C)Nc1ccc(OC(C)C)cc1. The van der Waals surface area contributed by atoms with Crippen molar-refractivity contribution in [3.8, 4) is 5.75 Å². The maximum atomic E-state index is 5.55. The van der Waals surface area contributed by atoms with Gasteiger partial charge in [0.1, 0.15) is 5.75 Å². The van der Waals surface area contributed by atoms with E-state index in [9.17, 15) is 0 Å². The largest absolute Gasteiger partial charge is 0.491 e. The van der Waals surface area contributed by atoms with Gasteiger partial charge in [-0.15, -0.1) is 6.58 Å². The molecule has 2 nitrogen and oxygen atoms in total. The number of hydrogen-bond acceptors (Lipinski definition) is 2. The van der Waals surface area contributed by atoms with Crippen LogP contribution in [-0.2, 0) is 0 Å². The van der Waals surface area contributed by atoms with Crippen molar-refractivity contribution in [1.29, 1.82) is 0 Å². The summed E-state index contributed by atoms with van der Waals surface area (Å²) in [6, 6.07) is 8.24. The Kier molecular flexibility index (Phi) is 4.22.